The zero-order valence-electron chi connectivity index (χ0n) is 7.47. The number of nitrogens with zero attached hydrogens (tertiary/aromatic N) is 1. The molecule has 1 heterocycles. The second-order valence-electron chi connectivity index (χ2n) is 3.56. The fourth-order valence-corrected chi connectivity index (χ4v) is 1.89. The predicted octanol–water partition coefficient (Wildman–Crippen LogP) is 2.83. The third-order valence-electron chi connectivity index (χ3n) is 2.57. The Labute approximate surface area is 73.0 Å². The lowest BCUT2D eigenvalue weighted by molar-refractivity contribution is 0.434. The molecule has 2 rings (SSSR count). The molecule has 1 saturated carbocycles. The van der Waals surface area contributed by atoms with Crippen LogP contribution in [0.25, 0.3) is 0 Å². The van der Waals surface area contributed by atoms with Crippen LogP contribution in [0, 0.1) is 13.2 Å². The van der Waals surface area contributed by atoms with Crippen molar-refractivity contribution in [1.82, 2.24) is 4.98 Å². The average molecular weight is 164 g/mol. The average Bonchev–Trinajstić information content (AvgIpc) is 2.54. The Kier molecular flexibility index (Phi) is 2.15. The summed E-state index contributed by atoms with van der Waals surface area (Å²) in [4.78, 5) is 4.31. The summed E-state index contributed by atoms with van der Waals surface area (Å²) in [6.07, 6.45) is 9.48. The first-order valence-corrected chi connectivity index (χ1v) is 4.71. The lowest BCUT2D eigenvalue weighted by atomic mass is 9.87. The molecule has 2 heteroatoms. The standard InChI is InChI=1S/C10H14NO/c1-8-11-10(7-12-8)9-5-3-2-4-6-9/h9H,2-6H2,1H3. The van der Waals surface area contributed by atoms with Gasteiger partial charge >= 0.3 is 0 Å². The molecule has 0 aliphatic heterocycles. The van der Waals surface area contributed by atoms with Crippen molar-refractivity contribution in [2.45, 2.75) is 44.9 Å². The summed E-state index contributed by atoms with van der Waals surface area (Å²) in [6.45, 7) is 1.88. The van der Waals surface area contributed by atoms with Crippen LogP contribution in [0.5, 0.6) is 0 Å². The molecule has 1 radical (unpaired) electrons. The summed E-state index contributed by atoms with van der Waals surface area (Å²) in [7, 11) is 0. The van der Waals surface area contributed by atoms with E-state index < -0.39 is 0 Å². The van der Waals surface area contributed by atoms with Crippen molar-refractivity contribution in [3.63, 3.8) is 0 Å². The minimum absolute atomic E-state index is 0.621. The lowest BCUT2D eigenvalue weighted by Gasteiger charge is -2.18. The second-order valence-corrected chi connectivity index (χ2v) is 3.56. The molecule has 12 heavy (non-hydrogen) atoms. The summed E-state index contributed by atoms with van der Waals surface area (Å²) in [5.41, 5.74) is 1.05. The highest BCUT2D eigenvalue weighted by Crippen LogP contribution is 2.31. The lowest BCUT2D eigenvalue weighted by Crippen LogP contribution is -2.04. The van der Waals surface area contributed by atoms with Gasteiger partial charge in [0.1, 0.15) is 0 Å². The number of aryl methyl sites for hydroxylation is 1. The predicted molar refractivity (Wildman–Crippen MR) is 45.9 cm³/mol. The van der Waals surface area contributed by atoms with E-state index in [9.17, 15) is 0 Å². The number of aromatic nitrogens is 1. The summed E-state index contributed by atoms with van der Waals surface area (Å²) in [5, 5.41) is 0. The molecule has 1 aromatic rings. The van der Waals surface area contributed by atoms with E-state index >= 15 is 0 Å². The van der Waals surface area contributed by atoms with Gasteiger partial charge in [-0.25, -0.2) is 4.98 Å². The normalized spacial score (nSPS) is 19.8. The second kappa shape index (κ2) is 3.30. The van der Waals surface area contributed by atoms with Crippen molar-refractivity contribution in [2.24, 2.45) is 0 Å². The fraction of sp³-hybridized carbons (Fsp3) is 0.700. The Bertz CT molecular complexity index is 248. The molecule has 1 aromatic heterocycles. The van der Waals surface area contributed by atoms with Gasteiger partial charge in [-0.2, -0.15) is 0 Å². The molecule has 0 amide bonds. The minimum atomic E-state index is 0.621. The smallest absolute Gasteiger partial charge is 0.195 e. The van der Waals surface area contributed by atoms with E-state index in [-0.39, 0.29) is 0 Å². The monoisotopic (exact) mass is 164 g/mol. The van der Waals surface area contributed by atoms with Gasteiger partial charge in [0.2, 0.25) is 0 Å². The van der Waals surface area contributed by atoms with Crippen LogP contribution in [0.2, 0.25) is 0 Å². The van der Waals surface area contributed by atoms with Gasteiger partial charge in [-0.05, 0) is 12.8 Å². The molecule has 0 unspecified atom stereocenters. The zero-order chi connectivity index (χ0) is 8.39. The number of rotatable bonds is 1. The molecule has 0 bridgehead atoms. The van der Waals surface area contributed by atoms with Gasteiger partial charge in [0.05, 0.1) is 5.69 Å². The van der Waals surface area contributed by atoms with Crippen molar-refractivity contribution in [1.29, 1.82) is 0 Å². The molecule has 1 aliphatic carbocycles. The van der Waals surface area contributed by atoms with Crippen LogP contribution in [0.15, 0.2) is 4.42 Å². The zero-order valence-corrected chi connectivity index (χ0v) is 7.47. The minimum Gasteiger partial charge on any atom is -0.437 e. The SMILES string of the molecule is Cc1nc(C2CCCCC2)[c]o1. The Morgan fingerprint density at radius 3 is 2.67 bits per heavy atom. The van der Waals surface area contributed by atoms with E-state index in [1.165, 1.54) is 32.1 Å². The first-order chi connectivity index (χ1) is 5.86. The Morgan fingerprint density at radius 1 is 1.33 bits per heavy atom. The first kappa shape index (κ1) is 7.84. The van der Waals surface area contributed by atoms with Crippen molar-refractivity contribution < 1.29 is 4.42 Å². The topological polar surface area (TPSA) is 26.0 Å². The molecule has 0 aromatic carbocycles. The van der Waals surface area contributed by atoms with Crippen LogP contribution < -0.4 is 0 Å². The highest BCUT2D eigenvalue weighted by atomic mass is 16.3. The first-order valence-electron chi connectivity index (χ1n) is 4.71. The van der Waals surface area contributed by atoms with Gasteiger partial charge in [-0.3, -0.25) is 0 Å². The molecule has 1 fully saturated rings. The summed E-state index contributed by atoms with van der Waals surface area (Å²) >= 11 is 0. The molecule has 0 atom stereocenters. The molecule has 2 nitrogen and oxygen atoms in total. The number of hydrogen-bond acceptors (Lipinski definition) is 2. The largest absolute Gasteiger partial charge is 0.437 e. The molecule has 0 N–H and O–H groups in total. The molecule has 1 aliphatic rings. The van der Waals surface area contributed by atoms with Crippen LogP contribution in [-0.2, 0) is 0 Å². The maximum Gasteiger partial charge on any atom is 0.195 e. The third kappa shape index (κ3) is 1.52. The van der Waals surface area contributed by atoms with Crippen LogP contribution >= 0.6 is 0 Å². The van der Waals surface area contributed by atoms with Crippen molar-refractivity contribution in [3.05, 3.63) is 17.8 Å². The van der Waals surface area contributed by atoms with Gasteiger partial charge in [-0.1, -0.05) is 19.3 Å². The summed E-state index contributed by atoms with van der Waals surface area (Å²) < 4.78 is 5.08. The summed E-state index contributed by atoms with van der Waals surface area (Å²) in [6, 6.07) is 0. The van der Waals surface area contributed by atoms with E-state index in [2.05, 4.69) is 11.2 Å². The van der Waals surface area contributed by atoms with E-state index in [1.54, 1.807) is 0 Å². The molecular weight excluding hydrogens is 150 g/mol. The van der Waals surface area contributed by atoms with Crippen LogP contribution in [0.1, 0.15) is 49.6 Å². The molecular formula is C10H14NO. The van der Waals surface area contributed by atoms with Gasteiger partial charge < -0.3 is 4.42 Å². The quantitative estimate of drug-likeness (QED) is 0.638. The van der Waals surface area contributed by atoms with Crippen LogP contribution in [0.4, 0.5) is 0 Å². The van der Waals surface area contributed by atoms with E-state index in [0.717, 1.165) is 11.6 Å². The van der Waals surface area contributed by atoms with Crippen LogP contribution in [0.3, 0.4) is 0 Å². The molecule has 0 spiro atoms. The van der Waals surface area contributed by atoms with Crippen molar-refractivity contribution in [3.8, 4) is 0 Å². The van der Waals surface area contributed by atoms with E-state index in [0.29, 0.717) is 5.92 Å². The molecule has 0 saturated heterocycles. The Balaban J connectivity index is 2.08. The Hall–Kier alpha value is -0.790. The number of oxazole rings is 1. The highest BCUT2D eigenvalue weighted by Gasteiger charge is 2.18. The maximum atomic E-state index is 5.08. The van der Waals surface area contributed by atoms with Crippen molar-refractivity contribution >= 4 is 0 Å². The van der Waals surface area contributed by atoms with Crippen LogP contribution in [-0.4, -0.2) is 4.98 Å². The van der Waals surface area contributed by atoms with Gasteiger partial charge in [0.25, 0.3) is 0 Å². The summed E-state index contributed by atoms with van der Waals surface area (Å²) in [5.74, 6) is 1.37. The van der Waals surface area contributed by atoms with E-state index in [1.807, 2.05) is 6.92 Å². The van der Waals surface area contributed by atoms with Gasteiger partial charge in [0.15, 0.2) is 12.2 Å². The Morgan fingerprint density at radius 2 is 2.08 bits per heavy atom. The van der Waals surface area contributed by atoms with Crippen molar-refractivity contribution in [2.75, 3.05) is 0 Å². The fourth-order valence-electron chi connectivity index (χ4n) is 1.89. The number of hydrogen-bond donors (Lipinski definition) is 0. The van der Waals surface area contributed by atoms with Gasteiger partial charge in [-0.15, -0.1) is 0 Å². The highest BCUT2D eigenvalue weighted by molar-refractivity contribution is 5.03. The maximum absolute atomic E-state index is 5.08. The van der Waals surface area contributed by atoms with Gasteiger partial charge in [0, 0.05) is 12.8 Å². The molecule has 65 valence electrons. The van der Waals surface area contributed by atoms with E-state index in [4.69, 9.17) is 4.42 Å². The third-order valence-corrected chi connectivity index (χ3v) is 2.57.